The Kier molecular flexibility index (Phi) is 12.2. The van der Waals surface area contributed by atoms with Crippen LogP contribution in [0.5, 0.6) is 5.75 Å². The van der Waals surface area contributed by atoms with Gasteiger partial charge < -0.3 is 19.5 Å². The Labute approximate surface area is 309 Å². The quantitative estimate of drug-likeness (QED) is 0.191. The molecule has 6 rings (SSSR count). The van der Waals surface area contributed by atoms with E-state index in [1.54, 1.807) is 24.3 Å². The number of aliphatic hydroxyl groups is 1. The lowest BCUT2D eigenvalue weighted by atomic mass is 9.68. The lowest BCUT2D eigenvalue weighted by molar-refractivity contribution is 0.0456. The van der Waals surface area contributed by atoms with E-state index in [2.05, 4.69) is 41.3 Å². The molecule has 278 valence electrons. The predicted octanol–water partition coefficient (Wildman–Crippen LogP) is 7.77. The van der Waals surface area contributed by atoms with Crippen LogP contribution in [0.1, 0.15) is 99.5 Å². The number of fused-ring (bicyclic) bond motifs is 3. The first kappa shape index (κ1) is 37.9. The maximum Gasteiger partial charge on any atom is 0.264 e. The van der Waals surface area contributed by atoms with Crippen LogP contribution < -0.4 is 14.4 Å². The van der Waals surface area contributed by atoms with Gasteiger partial charge in [-0.15, -0.1) is 6.58 Å². The van der Waals surface area contributed by atoms with Crippen LogP contribution >= 0.6 is 11.6 Å². The number of nitrogens with one attached hydrogen (secondary N) is 1. The van der Waals surface area contributed by atoms with Crippen molar-refractivity contribution >= 4 is 33.2 Å². The van der Waals surface area contributed by atoms with Gasteiger partial charge in [0, 0.05) is 35.7 Å². The van der Waals surface area contributed by atoms with Crippen molar-refractivity contribution in [3.05, 3.63) is 82.9 Å². The van der Waals surface area contributed by atoms with E-state index in [0.717, 1.165) is 68.5 Å². The number of carbonyl (C=O) groups is 1. The normalized spacial score (nSPS) is 26.4. The second-order valence-corrected chi connectivity index (χ2v) is 17.7. The van der Waals surface area contributed by atoms with E-state index >= 15 is 0 Å². The molecule has 2 aliphatic carbocycles. The molecule has 1 amide bonds. The Balaban J connectivity index is 1.30. The molecule has 7 atom stereocenters. The van der Waals surface area contributed by atoms with Gasteiger partial charge in [-0.3, -0.25) is 4.79 Å². The van der Waals surface area contributed by atoms with Gasteiger partial charge in [-0.05, 0) is 123 Å². The highest BCUT2D eigenvalue weighted by Gasteiger charge is 2.44. The predicted molar refractivity (Wildman–Crippen MR) is 204 cm³/mol. The molecule has 2 N–H and O–H groups in total. The van der Waals surface area contributed by atoms with E-state index in [9.17, 15) is 18.3 Å². The fraction of sp³-hybridized carbons (Fsp3) is 0.585. The number of aliphatic hydroxyl groups excluding tert-OH is 1. The summed E-state index contributed by atoms with van der Waals surface area (Å²) in [7, 11) is -4.04. The molecule has 1 spiro atoms. The van der Waals surface area contributed by atoms with Gasteiger partial charge in [0.05, 0.1) is 29.8 Å². The van der Waals surface area contributed by atoms with Gasteiger partial charge in [-0.1, -0.05) is 56.2 Å². The third-order valence-electron chi connectivity index (χ3n) is 11.8. The molecule has 2 aromatic carbocycles. The summed E-state index contributed by atoms with van der Waals surface area (Å²) in [5, 5.41) is 11.0. The van der Waals surface area contributed by atoms with Crippen molar-refractivity contribution in [2.24, 2.45) is 17.8 Å². The Morgan fingerprint density at radius 2 is 2.04 bits per heavy atom. The number of hydrogen-bond donors (Lipinski definition) is 2. The van der Waals surface area contributed by atoms with Crippen molar-refractivity contribution in [3.8, 4) is 5.75 Å². The van der Waals surface area contributed by atoms with Crippen molar-refractivity contribution in [1.82, 2.24) is 4.72 Å². The number of hydrogen-bond acceptors (Lipinski definition) is 7. The minimum absolute atomic E-state index is 0.142. The van der Waals surface area contributed by atoms with Crippen LogP contribution in [0, 0.1) is 17.8 Å². The Hall–Kier alpha value is -2.85. The number of carbonyl (C=O) groups excluding carboxylic acids is 1. The number of amides is 1. The minimum atomic E-state index is -4.04. The van der Waals surface area contributed by atoms with Crippen LogP contribution in [0.15, 0.2) is 61.2 Å². The summed E-state index contributed by atoms with van der Waals surface area (Å²) in [6.45, 7) is 10.3. The molecular formula is C41H55ClN2O6S. The van der Waals surface area contributed by atoms with Crippen molar-refractivity contribution in [3.63, 3.8) is 0 Å². The maximum absolute atomic E-state index is 13.9. The van der Waals surface area contributed by atoms with E-state index in [-0.39, 0.29) is 34.8 Å². The van der Waals surface area contributed by atoms with E-state index in [1.807, 2.05) is 19.1 Å². The lowest BCUT2D eigenvalue weighted by Gasteiger charge is -2.45. The highest BCUT2D eigenvalue weighted by atomic mass is 35.5. The Morgan fingerprint density at radius 3 is 2.76 bits per heavy atom. The molecule has 2 aliphatic heterocycles. The molecule has 0 aromatic heterocycles. The molecule has 4 aliphatic rings. The molecule has 0 bridgehead atoms. The zero-order valence-corrected chi connectivity index (χ0v) is 31.8. The molecule has 1 saturated carbocycles. The number of benzene rings is 2. The fourth-order valence-corrected chi connectivity index (χ4v) is 10.7. The number of sulfonamides is 1. The van der Waals surface area contributed by atoms with Gasteiger partial charge in [0.2, 0.25) is 10.0 Å². The molecule has 2 fully saturated rings. The molecule has 1 saturated heterocycles. The molecule has 10 heteroatoms. The second-order valence-electron chi connectivity index (χ2n) is 15.4. The molecule has 51 heavy (non-hydrogen) atoms. The maximum atomic E-state index is 13.9. The number of rotatable bonds is 14. The number of allylic oxidation sites excluding steroid dienone is 2. The van der Waals surface area contributed by atoms with Gasteiger partial charge in [-0.25, -0.2) is 13.1 Å². The molecule has 2 heterocycles. The number of halogens is 1. The number of unbranched alkanes of at least 4 members (excludes halogenated alkanes) is 1. The lowest BCUT2D eigenvalue weighted by Crippen LogP contribution is -2.49. The smallest absolute Gasteiger partial charge is 0.264 e. The monoisotopic (exact) mass is 738 g/mol. The van der Waals surface area contributed by atoms with E-state index < -0.39 is 27.3 Å². The summed E-state index contributed by atoms with van der Waals surface area (Å²) in [6, 6.07) is 11.4. The number of anilines is 1. The van der Waals surface area contributed by atoms with Crippen molar-refractivity contribution in [2.45, 2.75) is 107 Å². The van der Waals surface area contributed by atoms with Gasteiger partial charge >= 0.3 is 0 Å². The van der Waals surface area contributed by atoms with Crippen molar-refractivity contribution in [2.75, 3.05) is 31.2 Å². The van der Waals surface area contributed by atoms with E-state index in [1.165, 1.54) is 11.1 Å². The largest absolute Gasteiger partial charge is 0.490 e. The summed E-state index contributed by atoms with van der Waals surface area (Å²) in [4.78, 5) is 16.2. The van der Waals surface area contributed by atoms with Gasteiger partial charge in [0.25, 0.3) is 5.91 Å². The first-order valence-corrected chi connectivity index (χ1v) is 20.9. The summed E-state index contributed by atoms with van der Waals surface area (Å²) in [5.41, 5.74) is 3.24. The molecular weight excluding hydrogens is 684 g/mol. The van der Waals surface area contributed by atoms with Crippen LogP contribution in [0.3, 0.4) is 0 Å². The van der Waals surface area contributed by atoms with Gasteiger partial charge in [-0.2, -0.15) is 0 Å². The summed E-state index contributed by atoms with van der Waals surface area (Å²) < 4.78 is 42.6. The molecule has 0 unspecified atom stereocenters. The van der Waals surface area contributed by atoms with Crippen molar-refractivity contribution < 1.29 is 27.8 Å². The Bertz CT molecular complexity index is 1690. The topological polar surface area (TPSA) is 105 Å². The highest BCUT2D eigenvalue weighted by molar-refractivity contribution is 7.90. The number of aryl methyl sites for hydroxylation is 1. The average molecular weight is 739 g/mol. The van der Waals surface area contributed by atoms with Gasteiger partial charge in [0.15, 0.2) is 0 Å². The number of ether oxygens (including phenoxy) is 2. The summed E-state index contributed by atoms with van der Waals surface area (Å²) >= 11 is 6.45. The number of nitrogens with zero attached hydrogens (tertiary/aromatic N) is 1. The fourth-order valence-electron chi connectivity index (χ4n) is 8.79. The SMILES string of the molecule is C=CC[C@H](C)[C@@H](C[C@H]1CCCO1)S(=O)(=O)NC(=O)c1ccc2c(c1)N(C[C@@H]1CC[C@H]1[C@@H](O)/C=C/CCC)C[C@@]1(CCCc3cc(Cl)ccc31)CO2. The van der Waals surface area contributed by atoms with Crippen LogP contribution in [-0.4, -0.2) is 63.2 Å². The van der Waals surface area contributed by atoms with Crippen molar-refractivity contribution in [1.29, 1.82) is 0 Å². The first-order chi connectivity index (χ1) is 24.5. The average Bonchev–Trinajstić information content (AvgIpc) is 3.56. The third-order valence-corrected chi connectivity index (χ3v) is 13.9. The highest BCUT2D eigenvalue weighted by Crippen LogP contribution is 2.47. The van der Waals surface area contributed by atoms with Crippen LogP contribution in [0.25, 0.3) is 0 Å². The Morgan fingerprint density at radius 1 is 1.20 bits per heavy atom. The third kappa shape index (κ3) is 8.53. The van der Waals surface area contributed by atoms with E-state index in [0.29, 0.717) is 44.9 Å². The minimum Gasteiger partial charge on any atom is -0.490 e. The van der Waals surface area contributed by atoms with E-state index in [4.69, 9.17) is 21.1 Å². The van der Waals surface area contributed by atoms with Gasteiger partial charge in [0.1, 0.15) is 5.75 Å². The molecule has 2 aromatic rings. The zero-order valence-electron chi connectivity index (χ0n) is 30.2. The van der Waals surface area contributed by atoms with Crippen LogP contribution in [0.4, 0.5) is 5.69 Å². The summed E-state index contributed by atoms with van der Waals surface area (Å²) in [5.74, 6) is 0.178. The van der Waals surface area contributed by atoms with Crippen LogP contribution in [0.2, 0.25) is 5.02 Å². The zero-order chi connectivity index (χ0) is 36.2. The molecule has 0 radical (unpaired) electrons. The standard InChI is InChI=1S/C41H55ClN2O6S/c1-4-6-7-13-37(45)34-17-14-31(34)25-44-26-41(20-8-11-29-22-32(42)16-18-35(29)41)27-50-38-19-15-30(23-36(38)44)40(46)43-51(47,48)39(28(3)10-5-2)24-33-12-9-21-49-33/h5,7,13,15-16,18-19,22-23,28,31,33-34,37,39,45H,2,4,6,8-12,14,17,20-21,24-27H2,1,3H3,(H,43,46)/b13-7+/t28-,31-,33+,34+,37-,39+,41-/m0/s1. The summed E-state index contributed by atoms with van der Waals surface area (Å²) in [6.07, 6.45) is 14.6. The van der Waals surface area contributed by atoms with Crippen LogP contribution in [-0.2, 0) is 26.6 Å². The second kappa shape index (κ2) is 16.4. The first-order valence-electron chi connectivity index (χ1n) is 19.0. The molecule has 8 nitrogen and oxygen atoms in total.